The van der Waals surface area contributed by atoms with Crippen molar-refractivity contribution in [3.63, 3.8) is 0 Å². The van der Waals surface area contributed by atoms with Gasteiger partial charge in [-0.15, -0.1) is 0 Å². The molecule has 0 radical (unpaired) electrons. The quantitative estimate of drug-likeness (QED) is 0.467. The van der Waals surface area contributed by atoms with Crippen molar-refractivity contribution in [2.45, 2.75) is 33.9 Å². The van der Waals surface area contributed by atoms with Crippen LogP contribution in [-0.2, 0) is 17.9 Å². The van der Waals surface area contributed by atoms with Crippen LogP contribution in [0.5, 0.6) is 0 Å². The average Bonchev–Trinajstić information content (AvgIpc) is 2.63. The molecule has 0 saturated carbocycles. The van der Waals surface area contributed by atoms with Gasteiger partial charge in [-0.2, -0.15) is 0 Å². The molecule has 1 heterocycles. The molecule has 2 rings (SSSR count). The second-order valence-electron chi connectivity index (χ2n) is 6.00. The number of aromatic nitrogens is 1. The Balaban J connectivity index is 0.000000263. The number of anilines is 1. The number of nitrogens with two attached hydrogens (primary N) is 2. The molecule has 0 fully saturated rings. The van der Waals surface area contributed by atoms with E-state index < -0.39 is 0 Å². The molecule has 0 unspecified atom stereocenters. The van der Waals surface area contributed by atoms with Gasteiger partial charge in [-0.25, -0.2) is 4.98 Å². The minimum Gasteiger partial charge on any atom is -0.395 e. The third-order valence-electron chi connectivity index (χ3n) is 3.89. The van der Waals surface area contributed by atoms with Crippen molar-refractivity contribution in [3.8, 4) is 0 Å². The number of nitrogens with zero attached hydrogens (tertiary/aromatic N) is 1. The van der Waals surface area contributed by atoms with Crippen LogP contribution in [0.2, 0.25) is 0 Å². The summed E-state index contributed by atoms with van der Waals surface area (Å²) in [5, 5.41) is 6.18. The molecule has 1 aromatic heterocycles. The minimum absolute atomic E-state index is 0.251. The molecule has 6 N–H and O–H groups in total. The Bertz CT molecular complexity index is 718. The number of rotatable bonds is 6. The van der Waals surface area contributed by atoms with Gasteiger partial charge in [-0.1, -0.05) is 30.3 Å². The van der Waals surface area contributed by atoms with E-state index in [1.54, 1.807) is 6.92 Å². The third-order valence-corrected chi connectivity index (χ3v) is 3.89. The lowest BCUT2D eigenvalue weighted by atomic mass is 10.1. The number of hydrogen-bond acceptors (Lipinski definition) is 6. The average molecular weight is 355 g/mol. The number of nitrogens with one attached hydrogen (secondary N) is 2. The van der Waals surface area contributed by atoms with E-state index in [-0.39, 0.29) is 5.70 Å². The van der Waals surface area contributed by atoms with Crippen LogP contribution in [0.3, 0.4) is 0 Å². The molecule has 140 valence electrons. The topological polar surface area (TPSA) is 106 Å². The molecule has 0 spiro atoms. The second kappa shape index (κ2) is 10.9. The zero-order valence-electron chi connectivity index (χ0n) is 16.0. The van der Waals surface area contributed by atoms with Crippen LogP contribution in [0.25, 0.3) is 0 Å². The van der Waals surface area contributed by atoms with Crippen LogP contribution < -0.4 is 22.1 Å². The lowest BCUT2D eigenvalue weighted by Crippen LogP contribution is -2.16. The Morgan fingerprint density at radius 2 is 1.85 bits per heavy atom. The van der Waals surface area contributed by atoms with E-state index in [1.807, 2.05) is 50.4 Å². The van der Waals surface area contributed by atoms with Gasteiger partial charge in [0.1, 0.15) is 5.82 Å². The summed E-state index contributed by atoms with van der Waals surface area (Å²) >= 11 is 0. The first-order valence-electron chi connectivity index (χ1n) is 8.45. The number of carbonyl (C=O) groups is 1. The highest BCUT2D eigenvalue weighted by Crippen LogP contribution is 2.13. The highest BCUT2D eigenvalue weighted by atomic mass is 16.1. The normalized spacial score (nSPS) is 11.1. The molecule has 6 heteroatoms. The van der Waals surface area contributed by atoms with E-state index in [0.29, 0.717) is 24.3 Å². The van der Waals surface area contributed by atoms with E-state index in [1.165, 1.54) is 11.1 Å². The number of hydrogen-bond donors (Lipinski definition) is 4. The van der Waals surface area contributed by atoms with Gasteiger partial charge in [0.05, 0.1) is 5.70 Å². The summed E-state index contributed by atoms with van der Waals surface area (Å²) in [5.41, 5.74) is 16.6. The fourth-order valence-corrected chi connectivity index (χ4v) is 2.35. The first-order chi connectivity index (χ1) is 12.4. The number of benzene rings is 1. The second-order valence-corrected chi connectivity index (χ2v) is 6.00. The number of pyridine rings is 1. The Morgan fingerprint density at radius 3 is 2.38 bits per heavy atom. The van der Waals surface area contributed by atoms with E-state index in [9.17, 15) is 4.79 Å². The summed E-state index contributed by atoms with van der Waals surface area (Å²) in [4.78, 5) is 14.5. The molecular formula is C20H29N5O. The van der Waals surface area contributed by atoms with Gasteiger partial charge in [0, 0.05) is 24.5 Å². The third kappa shape index (κ3) is 6.94. The SMILES string of the molecule is C/C(NCc1ccccc1)=C(/N)C=O.CNCc1c(C)cc(N)nc1C. The predicted molar refractivity (Wildman–Crippen MR) is 107 cm³/mol. The summed E-state index contributed by atoms with van der Waals surface area (Å²) in [7, 11) is 1.93. The van der Waals surface area contributed by atoms with E-state index in [4.69, 9.17) is 11.5 Å². The largest absolute Gasteiger partial charge is 0.395 e. The van der Waals surface area contributed by atoms with Gasteiger partial charge >= 0.3 is 0 Å². The van der Waals surface area contributed by atoms with Crippen LogP contribution in [0.15, 0.2) is 47.8 Å². The Kier molecular flexibility index (Phi) is 8.87. The zero-order valence-corrected chi connectivity index (χ0v) is 16.0. The van der Waals surface area contributed by atoms with Gasteiger partial charge in [-0.3, -0.25) is 4.79 Å². The fraction of sp³-hybridized carbons (Fsp3) is 0.300. The predicted octanol–water partition coefficient (Wildman–Crippen LogP) is 2.17. The molecule has 26 heavy (non-hydrogen) atoms. The van der Waals surface area contributed by atoms with E-state index >= 15 is 0 Å². The fourth-order valence-electron chi connectivity index (χ4n) is 2.35. The Labute approximate surface area is 155 Å². The lowest BCUT2D eigenvalue weighted by Gasteiger charge is -2.08. The van der Waals surface area contributed by atoms with Crippen molar-refractivity contribution >= 4 is 12.1 Å². The number of aldehydes is 1. The summed E-state index contributed by atoms with van der Waals surface area (Å²) in [6, 6.07) is 11.8. The van der Waals surface area contributed by atoms with Gasteiger partial charge < -0.3 is 22.1 Å². The minimum atomic E-state index is 0.251. The summed E-state index contributed by atoms with van der Waals surface area (Å²) in [6.07, 6.45) is 0.646. The van der Waals surface area contributed by atoms with E-state index in [0.717, 1.165) is 17.8 Å². The number of aryl methyl sites for hydroxylation is 2. The molecular weight excluding hydrogens is 326 g/mol. The summed E-state index contributed by atoms with van der Waals surface area (Å²) in [6.45, 7) is 7.35. The van der Waals surface area contributed by atoms with Crippen LogP contribution in [0.4, 0.5) is 5.82 Å². The zero-order chi connectivity index (χ0) is 19.5. The standard InChI is InChI=1S/C11H14N2O.C9H15N3/c1-9(11(12)8-14)13-7-10-5-3-2-4-6-10;1-6-4-9(10)12-7(2)8(6)5-11-3/h2-6,8,13H,7,12H2,1H3;4,11H,5H2,1-3H3,(H2,10,12)/b11-9-;. The van der Waals surface area contributed by atoms with Crippen LogP contribution >= 0.6 is 0 Å². The number of nitrogen functional groups attached to an aromatic ring is 1. The van der Waals surface area contributed by atoms with Gasteiger partial charge in [0.2, 0.25) is 0 Å². The van der Waals surface area contributed by atoms with Crippen molar-refractivity contribution in [1.82, 2.24) is 15.6 Å². The Morgan fingerprint density at radius 1 is 1.19 bits per heavy atom. The molecule has 2 aromatic rings. The number of carbonyl (C=O) groups excluding carboxylic acids is 1. The van der Waals surface area contributed by atoms with Gasteiger partial charge in [-0.05, 0) is 50.6 Å². The maximum Gasteiger partial charge on any atom is 0.167 e. The van der Waals surface area contributed by atoms with Gasteiger partial charge in [0.25, 0.3) is 0 Å². The van der Waals surface area contributed by atoms with Crippen molar-refractivity contribution in [3.05, 3.63) is 70.2 Å². The van der Waals surface area contributed by atoms with Crippen molar-refractivity contribution in [1.29, 1.82) is 0 Å². The summed E-state index contributed by atoms with van der Waals surface area (Å²) in [5.74, 6) is 0.602. The molecule has 0 bridgehead atoms. The molecule has 0 aliphatic carbocycles. The van der Waals surface area contributed by atoms with Crippen molar-refractivity contribution in [2.75, 3.05) is 12.8 Å². The molecule has 0 amide bonds. The number of allylic oxidation sites excluding steroid dienone is 2. The highest BCUT2D eigenvalue weighted by Gasteiger charge is 2.03. The van der Waals surface area contributed by atoms with Crippen molar-refractivity contribution in [2.24, 2.45) is 5.73 Å². The first-order valence-corrected chi connectivity index (χ1v) is 8.45. The van der Waals surface area contributed by atoms with E-state index in [2.05, 4.69) is 22.5 Å². The molecule has 0 aliphatic rings. The molecule has 0 aliphatic heterocycles. The highest BCUT2D eigenvalue weighted by molar-refractivity contribution is 5.72. The smallest absolute Gasteiger partial charge is 0.167 e. The van der Waals surface area contributed by atoms with Crippen LogP contribution in [0, 0.1) is 13.8 Å². The molecule has 6 nitrogen and oxygen atoms in total. The summed E-state index contributed by atoms with van der Waals surface area (Å²) < 4.78 is 0. The lowest BCUT2D eigenvalue weighted by molar-refractivity contribution is -0.105. The van der Waals surface area contributed by atoms with Crippen LogP contribution in [0.1, 0.15) is 29.3 Å². The molecule has 1 aromatic carbocycles. The monoisotopic (exact) mass is 355 g/mol. The Hall–Kier alpha value is -2.86. The van der Waals surface area contributed by atoms with Crippen molar-refractivity contribution < 1.29 is 4.79 Å². The van der Waals surface area contributed by atoms with Gasteiger partial charge in [0.15, 0.2) is 6.29 Å². The maximum atomic E-state index is 10.3. The maximum absolute atomic E-state index is 10.3. The first kappa shape index (κ1) is 21.2. The van der Waals surface area contributed by atoms with Crippen LogP contribution in [-0.4, -0.2) is 18.3 Å². The molecule has 0 saturated heterocycles. The molecule has 0 atom stereocenters.